The predicted molar refractivity (Wildman–Crippen MR) is 52.9 cm³/mol. The van der Waals surface area contributed by atoms with Crippen molar-refractivity contribution in [1.29, 1.82) is 0 Å². The molecule has 66 valence electrons. The van der Waals surface area contributed by atoms with Gasteiger partial charge in [0.15, 0.2) is 5.75 Å². The van der Waals surface area contributed by atoms with E-state index in [0.29, 0.717) is 0 Å². The van der Waals surface area contributed by atoms with Gasteiger partial charge in [0.05, 0.1) is 18.1 Å². The Hall–Kier alpha value is -1.29. The van der Waals surface area contributed by atoms with Crippen LogP contribution in [0.25, 0.3) is 5.69 Å². The van der Waals surface area contributed by atoms with Crippen LogP contribution in [0.5, 0.6) is 5.75 Å². The average molecular weight is 239 g/mol. The SMILES string of the molecule is Oc1cnn(-c2ccc(Br)cc2)c1. The maximum Gasteiger partial charge on any atom is 0.153 e. The first-order valence-corrected chi connectivity index (χ1v) is 4.54. The molecule has 4 heteroatoms. The number of aromatic hydroxyl groups is 1. The van der Waals surface area contributed by atoms with Crippen LogP contribution >= 0.6 is 15.9 Å². The van der Waals surface area contributed by atoms with Gasteiger partial charge < -0.3 is 5.11 Å². The van der Waals surface area contributed by atoms with Gasteiger partial charge in [-0.05, 0) is 24.3 Å². The number of aromatic nitrogens is 2. The van der Waals surface area contributed by atoms with Crippen LogP contribution in [-0.2, 0) is 0 Å². The third-order valence-corrected chi connectivity index (χ3v) is 2.19. The van der Waals surface area contributed by atoms with Crippen LogP contribution in [0, 0.1) is 0 Å². The molecule has 13 heavy (non-hydrogen) atoms. The summed E-state index contributed by atoms with van der Waals surface area (Å²) in [5.74, 6) is 0.169. The molecule has 1 aromatic carbocycles. The Morgan fingerprint density at radius 2 is 1.92 bits per heavy atom. The van der Waals surface area contributed by atoms with Gasteiger partial charge in [-0.2, -0.15) is 5.10 Å². The molecule has 0 fully saturated rings. The first-order chi connectivity index (χ1) is 6.25. The quantitative estimate of drug-likeness (QED) is 0.829. The van der Waals surface area contributed by atoms with E-state index in [-0.39, 0.29) is 5.75 Å². The highest BCUT2D eigenvalue weighted by molar-refractivity contribution is 9.10. The summed E-state index contributed by atoms with van der Waals surface area (Å²) in [6, 6.07) is 7.68. The number of benzene rings is 1. The summed E-state index contributed by atoms with van der Waals surface area (Å²) < 4.78 is 2.63. The molecule has 0 amide bonds. The highest BCUT2D eigenvalue weighted by Gasteiger charge is 1.97. The van der Waals surface area contributed by atoms with E-state index in [1.165, 1.54) is 6.20 Å². The topological polar surface area (TPSA) is 38.1 Å². The van der Waals surface area contributed by atoms with Crippen LogP contribution in [0.3, 0.4) is 0 Å². The summed E-state index contributed by atoms with van der Waals surface area (Å²) in [6.07, 6.45) is 2.96. The minimum atomic E-state index is 0.169. The summed E-state index contributed by atoms with van der Waals surface area (Å²) >= 11 is 3.34. The minimum absolute atomic E-state index is 0.169. The Labute approximate surface area is 83.8 Å². The summed E-state index contributed by atoms with van der Waals surface area (Å²) in [7, 11) is 0. The molecule has 0 aliphatic rings. The van der Waals surface area contributed by atoms with Gasteiger partial charge in [-0.1, -0.05) is 15.9 Å². The second kappa shape index (κ2) is 3.22. The molecule has 0 radical (unpaired) electrons. The Morgan fingerprint density at radius 3 is 2.46 bits per heavy atom. The number of hydrogen-bond acceptors (Lipinski definition) is 2. The fourth-order valence-corrected chi connectivity index (χ4v) is 1.31. The number of hydrogen-bond donors (Lipinski definition) is 1. The third kappa shape index (κ3) is 1.72. The largest absolute Gasteiger partial charge is 0.505 e. The minimum Gasteiger partial charge on any atom is -0.505 e. The van der Waals surface area contributed by atoms with Crippen LogP contribution in [0.15, 0.2) is 41.1 Å². The second-order valence-electron chi connectivity index (χ2n) is 2.62. The molecule has 0 bridgehead atoms. The molecule has 0 saturated carbocycles. The van der Waals surface area contributed by atoms with Crippen molar-refractivity contribution in [2.45, 2.75) is 0 Å². The Bertz CT molecular complexity index is 408. The molecule has 1 heterocycles. The lowest BCUT2D eigenvalue weighted by Crippen LogP contribution is -1.92. The van der Waals surface area contributed by atoms with Gasteiger partial charge in [0, 0.05) is 4.47 Å². The zero-order chi connectivity index (χ0) is 9.26. The van der Waals surface area contributed by atoms with Gasteiger partial charge in [0.25, 0.3) is 0 Å². The molecule has 0 unspecified atom stereocenters. The molecule has 0 saturated heterocycles. The van der Waals surface area contributed by atoms with Crippen molar-refractivity contribution in [3.8, 4) is 11.4 Å². The summed E-state index contributed by atoms with van der Waals surface area (Å²) in [5.41, 5.74) is 0.920. The first kappa shape index (κ1) is 8.31. The van der Waals surface area contributed by atoms with Crippen LogP contribution < -0.4 is 0 Å². The van der Waals surface area contributed by atoms with E-state index in [1.807, 2.05) is 24.3 Å². The van der Waals surface area contributed by atoms with Crippen molar-refractivity contribution < 1.29 is 5.11 Å². The van der Waals surface area contributed by atoms with Crippen LogP contribution in [0.4, 0.5) is 0 Å². The summed E-state index contributed by atoms with van der Waals surface area (Å²) in [6.45, 7) is 0. The van der Waals surface area contributed by atoms with E-state index < -0.39 is 0 Å². The smallest absolute Gasteiger partial charge is 0.153 e. The monoisotopic (exact) mass is 238 g/mol. The molecule has 0 atom stereocenters. The molecule has 0 aliphatic carbocycles. The van der Waals surface area contributed by atoms with Crippen molar-refractivity contribution in [2.24, 2.45) is 0 Å². The Morgan fingerprint density at radius 1 is 1.23 bits per heavy atom. The maximum atomic E-state index is 9.08. The van der Waals surface area contributed by atoms with Crippen LogP contribution in [0.2, 0.25) is 0 Å². The van der Waals surface area contributed by atoms with E-state index in [9.17, 15) is 0 Å². The van der Waals surface area contributed by atoms with Gasteiger partial charge >= 0.3 is 0 Å². The molecule has 1 aromatic heterocycles. The summed E-state index contributed by atoms with van der Waals surface area (Å²) in [5, 5.41) is 13.0. The lowest BCUT2D eigenvalue weighted by molar-refractivity contribution is 0.475. The van der Waals surface area contributed by atoms with E-state index >= 15 is 0 Å². The predicted octanol–water partition coefficient (Wildman–Crippen LogP) is 2.34. The number of halogens is 1. The molecule has 1 N–H and O–H groups in total. The Kier molecular flexibility index (Phi) is 2.06. The molecule has 0 aliphatic heterocycles. The normalized spacial score (nSPS) is 10.2. The van der Waals surface area contributed by atoms with Gasteiger partial charge in [0.2, 0.25) is 0 Å². The lowest BCUT2D eigenvalue weighted by atomic mass is 10.3. The number of nitrogens with zero attached hydrogens (tertiary/aromatic N) is 2. The van der Waals surface area contributed by atoms with Crippen molar-refractivity contribution >= 4 is 15.9 Å². The summed E-state index contributed by atoms with van der Waals surface area (Å²) in [4.78, 5) is 0. The van der Waals surface area contributed by atoms with Gasteiger partial charge in [-0.15, -0.1) is 0 Å². The fourth-order valence-electron chi connectivity index (χ4n) is 1.05. The zero-order valence-electron chi connectivity index (χ0n) is 6.68. The van der Waals surface area contributed by atoms with Gasteiger partial charge in [-0.3, -0.25) is 0 Å². The lowest BCUT2D eigenvalue weighted by Gasteiger charge is -1.99. The number of rotatable bonds is 1. The van der Waals surface area contributed by atoms with Gasteiger partial charge in [0.1, 0.15) is 0 Å². The maximum absolute atomic E-state index is 9.08. The zero-order valence-corrected chi connectivity index (χ0v) is 8.27. The van der Waals surface area contributed by atoms with E-state index in [2.05, 4.69) is 21.0 Å². The van der Waals surface area contributed by atoms with Crippen molar-refractivity contribution in [1.82, 2.24) is 9.78 Å². The van der Waals surface area contributed by atoms with Crippen LogP contribution in [0.1, 0.15) is 0 Å². The standard InChI is InChI=1S/C9H7BrN2O/c10-7-1-3-8(4-2-7)12-6-9(13)5-11-12/h1-6,13H. The van der Waals surface area contributed by atoms with E-state index in [0.717, 1.165) is 10.2 Å². The first-order valence-electron chi connectivity index (χ1n) is 3.75. The highest BCUT2D eigenvalue weighted by atomic mass is 79.9. The Balaban J connectivity index is 2.41. The molecule has 2 aromatic rings. The van der Waals surface area contributed by atoms with Gasteiger partial charge in [-0.25, -0.2) is 4.68 Å². The fraction of sp³-hybridized carbons (Fsp3) is 0. The van der Waals surface area contributed by atoms with E-state index in [1.54, 1.807) is 10.9 Å². The van der Waals surface area contributed by atoms with E-state index in [4.69, 9.17) is 5.11 Å². The molecular weight excluding hydrogens is 232 g/mol. The van der Waals surface area contributed by atoms with Crippen molar-refractivity contribution in [3.63, 3.8) is 0 Å². The van der Waals surface area contributed by atoms with Crippen LogP contribution in [-0.4, -0.2) is 14.9 Å². The molecule has 0 spiro atoms. The molecular formula is C9H7BrN2O. The highest BCUT2D eigenvalue weighted by Crippen LogP contribution is 2.15. The third-order valence-electron chi connectivity index (χ3n) is 1.66. The average Bonchev–Trinajstić information content (AvgIpc) is 2.53. The second-order valence-corrected chi connectivity index (χ2v) is 3.54. The molecule has 3 nitrogen and oxygen atoms in total. The molecule has 2 rings (SSSR count). The van der Waals surface area contributed by atoms with Crippen molar-refractivity contribution in [2.75, 3.05) is 0 Å². The van der Waals surface area contributed by atoms with Crippen molar-refractivity contribution in [3.05, 3.63) is 41.1 Å².